The molecule has 0 aromatic heterocycles. The van der Waals surface area contributed by atoms with Gasteiger partial charge in [-0.2, -0.15) is 13.2 Å². The largest absolute Gasteiger partial charge is 0.416 e. The number of hydrogen-bond donors (Lipinski definition) is 2. The van der Waals surface area contributed by atoms with E-state index in [2.05, 4.69) is 10.6 Å². The minimum atomic E-state index is -4.63. The van der Waals surface area contributed by atoms with Crippen LogP contribution < -0.4 is 10.6 Å². The summed E-state index contributed by atoms with van der Waals surface area (Å²) in [6, 6.07) is 1.32. The maximum absolute atomic E-state index is 13.6. The van der Waals surface area contributed by atoms with Gasteiger partial charge < -0.3 is 15.4 Å². The Morgan fingerprint density at radius 2 is 2.10 bits per heavy atom. The van der Waals surface area contributed by atoms with E-state index in [0.717, 1.165) is 0 Å². The van der Waals surface area contributed by atoms with E-state index in [-0.39, 0.29) is 6.10 Å². The molecule has 1 unspecified atom stereocenters. The summed E-state index contributed by atoms with van der Waals surface area (Å²) in [5, 5.41) is 5.45. The van der Waals surface area contributed by atoms with E-state index in [1.807, 2.05) is 0 Å². The first kappa shape index (κ1) is 15.7. The Bertz CT molecular complexity index is 533. The van der Waals surface area contributed by atoms with Crippen molar-refractivity contribution in [2.24, 2.45) is 0 Å². The maximum atomic E-state index is 13.6. The van der Waals surface area contributed by atoms with Gasteiger partial charge in [0.05, 0.1) is 23.3 Å². The number of carbonyl (C=O) groups is 1. The second kappa shape index (κ2) is 5.98. The van der Waals surface area contributed by atoms with Gasteiger partial charge in [-0.05, 0) is 18.2 Å². The molecular weight excluding hydrogens is 292 g/mol. The van der Waals surface area contributed by atoms with Gasteiger partial charge in [0, 0.05) is 20.2 Å². The number of rotatable bonds is 3. The Morgan fingerprint density at radius 1 is 1.38 bits per heavy atom. The quantitative estimate of drug-likeness (QED) is 0.833. The van der Waals surface area contributed by atoms with E-state index in [1.54, 1.807) is 0 Å². The van der Waals surface area contributed by atoms with Gasteiger partial charge in [0.2, 0.25) is 0 Å². The zero-order valence-electron chi connectivity index (χ0n) is 11.1. The van der Waals surface area contributed by atoms with Crippen molar-refractivity contribution in [2.75, 3.05) is 20.2 Å². The molecule has 0 bridgehead atoms. The number of alkyl halides is 3. The Morgan fingerprint density at radius 3 is 2.71 bits per heavy atom. The van der Waals surface area contributed by atoms with Gasteiger partial charge in [-0.15, -0.1) is 0 Å². The summed E-state index contributed by atoms with van der Waals surface area (Å²) in [5.41, 5.74) is -1.70. The Hall–Kier alpha value is -1.67. The number of benzene rings is 1. The van der Waals surface area contributed by atoms with Crippen molar-refractivity contribution in [1.82, 2.24) is 10.6 Å². The zero-order valence-corrected chi connectivity index (χ0v) is 11.1. The average Bonchev–Trinajstić information content (AvgIpc) is 2.84. The predicted octanol–water partition coefficient (Wildman–Crippen LogP) is 1.56. The number of hydrogen-bond acceptors (Lipinski definition) is 3. The molecule has 0 radical (unpaired) electrons. The minimum Gasteiger partial charge on any atom is -0.378 e. The molecule has 1 fully saturated rings. The summed E-state index contributed by atoms with van der Waals surface area (Å²) >= 11 is 0. The third kappa shape index (κ3) is 3.51. The molecule has 2 N–H and O–H groups in total. The molecule has 21 heavy (non-hydrogen) atoms. The fourth-order valence-electron chi connectivity index (χ4n) is 2.17. The molecule has 1 aromatic carbocycles. The number of carbonyl (C=O) groups excluding carboxylic acids is 1. The van der Waals surface area contributed by atoms with Crippen molar-refractivity contribution >= 4 is 5.91 Å². The van der Waals surface area contributed by atoms with Gasteiger partial charge in [-0.1, -0.05) is 0 Å². The van der Waals surface area contributed by atoms with Crippen LogP contribution in [0.4, 0.5) is 17.6 Å². The van der Waals surface area contributed by atoms with E-state index in [9.17, 15) is 22.4 Å². The summed E-state index contributed by atoms with van der Waals surface area (Å²) in [7, 11) is 1.46. The lowest BCUT2D eigenvalue weighted by Gasteiger charge is -2.19. The second-order valence-electron chi connectivity index (χ2n) is 4.70. The molecule has 116 valence electrons. The number of ether oxygens (including phenoxy) is 1. The van der Waals surface area contributed by atoms with Crippen molar-refractivity contribution in [1.29, 1.82) is 0 Å². The minimum absolute atomic E-state index is 0.303. The van der Waals surface area contributed by atoms with Crippen LogP contribution in [-0.2, 0) is 10.9 Å². The van der Waals surface area contributed by atoms with Crippen LogP contribution in [0, 0.1) is 5.82 Å². The van der Waals surface area contributed by atoms with Crippen molar-refractivity contribution in [3.63, 3.8) is 0 Å². The fraction of sp³-hybridized carbons (Fsp3) is 0.462. The van der Waals surface area contributed by atoms with E-state index in [1.165, 1.54) is 7.11 Å². The van der Waals surface area contributed by atoms with Gasteiger partial charge in [-0.3, -0.25) is 4.79 Å². The van der Waals surface area contributed by atoms with E-state index >= 15 is 0 Å². The SMILES string of the molecule is CO[C@H]1CNCC1NC(=O)c1cc(C(F)(F)F)ccc1F. The second-order valence-corrected chi connectivity index (χ2v) is 4.70. The Labute approximate surface area is 118 Å². The van der Waals surface area contributed by atoms with Gasteiger partial charge in [-0.25, -0.2) is 4.39 Å². The van der Waals surface area contributed by atoms with E-state index in [0.29, 0.717) is 31.3 Å². The van der Waals surface area contributed by atoms with Crippen LogP contribution in [0.2, 0.25) is 0 Å². The van der Waals surface area contributed by atoms with Gasteiger partial charge in [0.25, 0.3) is 5.91 Å². The molecule has 2 rings (SSSR count). The van der Waals surface area contributed by atoms with Gasteiger partial charge in [0.1, 0.15) is 5.82 Å². The third-order valence-corrected chi connectivity index (χ3v) is 3.32. The molecule has 1 aliphatic rings. The number of halogens is 4. The van der Waals surface area contributed by atoms with Crippen molar-refractivity contribution in [2.45, 2.75) is 18.3 Å². The number of methoxy groups -OCH3 is 1. The van der Waals surface area contributed by atoms with Crippen LogP contribution in [0.15, 0.2) is 18.2 Å². The average molecular weight is 306 g/mol. The van der Waals surface area contributed by atoms with Crippen molar-refractivity contribution in [3.05, 3.63) is 35.1 Å². The molecule has 1 aromatic rings. The number of amides is 1. The van der Waals surface area contributed by atoms with Gasteiger partial charge in [0.15, 0.2) is 0 Å². The van der Waals surface area contributed by atoms with E-state index in [4.69, 9.17) is 4.74 Å². The lowest BCUT2D eigenvalue weighted by atomic mass is 10.1. The molecule has 1 heterocycles. The summed E-state index contributed by atoms with van der Waals surface area (Å²) in [4.78, 5) is 12.0. The van der Waals surface area contributed by atoms with Crippen molar-refractivity contribution < 1.29 is 27.1 Å². The lowest BCUT2D eigenvalue weighted by Crippen LogP contribution is -2.43. The van der Waals surface area contributed by atoms with Crippen LogP contribution in [0.25, 0.3) is 0 Å². The molecule has 8 heteroatoms. The third-order valence-electron chi connectivity index (χ3n) is 3.32. The monoisotopic (exact) mass is 306 g/mol. The van der Waals surface area contributed by atoms with E-state index < -0.39 is 35.1 Å². The van der Waals surface area contributed by atoms with Crippen LogP contribution in [0.3, 0.4) is 0 Å². The molecule has 0 saturated carbocycles. The molecule has 4 nitrogen and oxygen atoms in total. The molecular formula is C13H14F4N2O2. The summed E-state index contributed by atoms with van der Waals surface area (Å²) in [6.45, 7) is 0.914. The molecule has 1 aliphatic heterocycles. The van der Waals surface area contributed by atoms with Crippen LogP contribution in [0.5, 0.6) is 0 Å². The van der Waals surface area contributed by atoms with Crippen LogP contribution in [-0.4, -0.2) is 38.3 Å². The molecule has 0 aliphatic carbocycles. The first-order valence-electron chi connectivity index (χ1n) is 6.24. The predicted molar refractivity (Wildman–Crippen MR) is 66.3 cm³/mol. The number of nitrogens with one attached hydrogen (secondary N) is 2. The molecule has 2 atom stereocenters. The fourth-order valence-corrected chi connectivity index (χ4v) is 2.17. The van der Waals surface area contributed by atoms with Crippen LogP contribution >= 0.6 is 0 Å². The highest BCUT2D eigenvalue weighted by Gasteiger charge is 2.33. The molecule has 1 amide bonds. The lowest BCUT2D eigenvalue weighted by molar-refractivity contribution is -0.137. The Balaban J connectivity index is 2.19. The molecule has 0 spiro atoms. The summed E-state index contributed by atoms with van der Waals surface area (Å²) < 4.78 is 56.5. The highest BCUT2D eigenvalue weighted by Crippen LogP contribution is 2.30. The first-order chi connectivity index (χ1) is 9.82. The van der Waals surface area contributed by atoms with Gasteiger partial charge >= 0.3 is 6.18 Å². The molecule has 1 saturated heterocycles. The summed E-state index contributed by atoms with van der Waals surface area (Å²) in [5.74, 6) is -1.89. The normalized spacial score (nSPS) is 22.3. The topological polar surface area (TPSA) is 50.4 Å². The smallest absolute Gasteiger partial charge is 0.378 e. The van der Waals surface area contributed by atoms with Crippen LogP contribution in [0.1, 0.15) is 15.9 Å². The highest BCUT2D eigenvalue weighted by molar-refractivity contribution is 5.95. The maximum Gasteiger partial charge on any atom is 0.416 e. The Kier molecular flexibility index (Phi) is 4.48. The summed E-state index contributed by atoms with van der Waals surface area (Å²) in [6.07, 6.45) is -4.94. The zero-order chi connectivity index (χ0) is 15.6. The highest BCUT2D eigenvalue weighted by atomic mass is 19.4. The standard InChI is InChI=1S/C13H14F4N2O2/c1-21-11-6-18-5-10(11)19-12(20)8-4-7(13(15,16)17)2-3-9(8)14/h2-4,10-11,18H,5-6H2,1H3,(H,19,20)/t10?,11-/m0/s1. The van der Waals surface area contributed by atoms with Crippen molar-refractivity contribution in [3.8, 4) is 0 Å². The first-order valence-corrected chi connectivity index (χ1v) is 6.24.